The second kappa shape index (κ2) is 11.9. The summed E-state index contributed by atoms with van der Waals surface area (Å²) >= 11 is 1.33. The van der Waals surface area contributed by atoms with Crippen molar-refractivity contribution in [2.45, 2.75) is 39.3 Å². The summed E-state index contributed by atoms with van der Waals surface area (Å²) in [6.07, 6.45) is -0.748. The van der Waals surface area contributed by atoms with Crippen molar-refractivity contribution >= 4 is 41.3 Å². The molecular formula is C21H29ClN2O5S. The van der Waals surface area contributed by atoms with Gasteiger partial charge in [-0.1, -0.05) is 6.07 Å². The standard InChI is InChI=1S/C21H28N2O5S.ClH/c1-5-27-20(26)16-11-14(23-19(25)18-7-6-10-29-18)8-9-17(16)28-13-15(24)12-22-21(2,3)4;/h6-11,15,22,24H,5,12-13H2,1-4H3,(H,23,25);1H. The molecule has 0 aliphatic heterocycles. The number of β-amino-alcohol motifs (C(OH)–C–C–N with tert-alkyl or cyclic N) is 1. The van der Waals surface area contributed by atoms with Crippen molar-refractivity contribution in [2.75, 3.05) is 25.1 Å². The van der Waals surface area contributed by atoms with Crippen LogP contribution < -0.4 is 15.4 Å². The lowest BCUT2D eigenvalue weighted by Crippen LogP contribution is -2.42. The molecule has 9 heteroatoms. The lowest BCUT2D eigenvalue weighted by molar-refractivity contribution is 0.0515. The number of hydrogen-bond donors (Lipinski definition) is 3. The zero-order valence-electron chi connectivity index (χ0n) is 17.6. The number of halogens is 1. The third-order valence-electron chi connectivity index (χ3n) is 3.78. The number of anilines is 1. The van der Waals surface area contributed by atoms with E-state index in [4.69, 9.17) is 9.47 Å². The highest BCUT2D eigenvalue weighted by Gasteiger charge is 2.18. The molecule has 166 valence electrons. The van der Waals surface area contributed by atoms with Crippen LogP contribution >= 0.6 is 23.7 Å². The van der Waals surface area contributed by atoms with E-state index in [9.17, 15) is 14.7 Å². The summed E-state index contributed by atoms with van der Waals surface area (Å²) in [6, 6.07) is 8.25. The minimum atomic E-state index is -0.748. The van der Waals surface area contributed by atoms with E-state index >= 15 is 0 Å². The maximum atomic E-state index is 12.3. The number of benzene rings is 1. The van der Waals surface area contributed by atoms with Crippen molar-refractivity contribution < 1.29 is 24.2 Å². The molecule has 1 heterocycles. The van der Waals surface area contributed by atoms with Gasteiger partial charge >= 0.3 is 5.97 Å². The van der Waals surface area contributed by atoms with Gasteiger partial charge in [-0.2, -0.15) is 0 Å². The van der Waals surface area contributed by atoms with E-state index in [1.807, 2.05) is 26.2 Å². The van der Waals surface area contributed by atoms with Gasteiger partial charge in [0.2, 0.25) is 0 Å². The van der Waals surface area contributed by atoms with E-state index in [1.54, 1.807) is 31.2 Å². The summed E-state index contributed by atoms with van der Waals surface area (Å²) in [7, 11) is 0. The molecule has 30 heavy (non-hydrogen) atoms. The second-order valence-corrected chi connectivity index (χ2v) is 8.41. The molecule has 1 aromatic heterocycles. The first-order chi connectivity index (χ1) is 13.7. The molecule has 1 aromatic carbocycles. The monoisotopic (exact) mass is 456 g/mol. The van der Waals surface area contributed by atoms with Crippen LogP contribution in [0.3, 0.4) is 0 Å². The largest absolute Gasteiger partial charge is 0.490 e. The highest BCUT2D eigenvalue weighted by Crippen LogP contribution is 2.25. The molecule has 1 unspecified atom stereocenters. The topological polar surface area (TPSA) is 96.9 Å². The maximum absolute atomic E-state index is 12.3. The number of esters is 1. The second-order valence-electron chi connectivity index (χ2n) is 7.46. The SMILES string of the molecule is CCOC(=O)c1cc(NC(=O)c2cccs2)ccc1OCC(O)CNC(C)(C)C.Cl. The molecule has 0 aliphatic rings. The molecule has 0 saturated carbocycles. The number of thiophene rings is 1. The average Bonchev–Trinajstić information content (AvgIpc) is 3.20. The van der Waals surface area contributed by atoms with Crippen LogP contribution in [-0.4, -0.2) is 48.4 Å². The highest BCUT2D eigenvalue weighted by molar-refractivity contribution is 7.12. The molecule has 0 bridgehead atoms. The van der Waals surface area contributed by atoms with Gasteiger partial charge in [0.15, 0.2) is 0 Å². The van der Waals surface area contributed by atoms with Crippen LogP contribution in [0.15, 0.2) is 35.7 Å². The van der Waals surface area contributed by atoms with Crippen LogP contribution in [0.2, 0.25) is 0 Å². The van der Waals surface area contributed by atoms with E-state index in [0.29, 0.717) is 17.1 Å². The van der Waals surface area contributed by atoms with Crippen molar-refractivity contribution in [1.29, 1.82) is 0 Å². The Kier molecular flexibility index (Phi) is 10.3. The summed E-state index contributed by atoms with van der Waals surface area (Å²) in [6.45, 7) is 8.29. The lowest BCUT2D eigenvalue weighted by Gasteiger charge is -2.23. The summed E-state index contributed by atoms with van der Waals surface area (Å²) < 4.78 is 10.8. The van der Waals surface area contributed by atoms with Crippen molar-refractivity contribution in [3.63, 3.8) is 0 Å². The van der Waals surface area contributed by atoms with E-state index in [2.05, 4.69) is 10.6 Å². The maximum Gasteiger partial charge on any atom is 0.341 e. The molecule has 1 atom stereocenters. The van der Waals surface area contributed by atoms with Crippen LogP contribution in [0.25, 0.3) is 0 Å². The van der Waals surface area contributed by atoms with Crippen LogP contribution in [0.5, 0.6) is 5.75 Å². The summed E-state index contributed by atoms with van der Waals surface area (Å²) in [4.78, 5) is 25.2. The van der Waals surface area contributed by atoms with Gasteiger partial charge in [-0.15, -0.1) is 23.7 Å². The fourth-order valence-corrected chi connectivity index (χ4v) is 2.99. The molecule has 0 radical (unpaired) electrons. The molecule has 0 aliphatic carbocycles. The van der Waals surface area contributed by atoms with Gasteiger partial charge in [0.05, 0.1) is 11.5 Å². The molecule has 3 N–H and O–H groups in total. The molecule has 2 rings (SSSR count). The van der Waals surface area contributed by atoms with E-state index < -0.39 is 12.1 Å². The Bertz CT molecular complexity index is 821. The fraction of sp³-hybridized carbons (Fsp3) is 0.429. The van der Waals surface area contributed by atoms with Crippen molar-refractivity contribution in [1.82, 2.24) is 5.32 Å². The third-order valence-corrected chi connectivity index (χ3v) is 4.65. The van der Waals surface area contributed by atoms with Gasteiger partial charge in [0, 0.05) is 17.8 Å². The smallest absolute Gasteiger partial charge is 0.341 e. The Balaban J connectivity index is 0.00000450. The number of rotatable bonds is 9. The number of carbonyl (C=O) groups is 2. The first kappa shape index (κ1) is 25.9. The van der Waals surface area contributed by atoms with Gasteiger partial charge in [0.1, 0.15) is 24.0 Å². The summed E-state index contributed by atoms with van der Waals surface area (Å²) in [5, 5.41) is 17.9. The van der Waals surface area contributed by atoms with Gasteiger partial charge in [-0.25, -0.2) is 4.79 Å². The quantitative estimate of drug-likeness (QED) is 0.497. The van der Waals surface area contributed by atoms with E-state index in [1.165, 1.54) is 17.4 Å². The Labute approximate surface area is 187 Å². The minimum absolute atomic E-state index is 0. The van der Waals surface area contributed by atoms with Crippen LogP contribution in [-0.2, 0) is 4.74 Å². The number of hydrogen-bond acceptors (Lipinski definition) is 7. The van der Waals surface area contributed by atoms with Crippen LogP contribution in [0.4, 0.5) is 5.69 Å². The van der Waals surface area contributed by atoms with Crippen molar-refractivity contribution in [2.24, 2.45) is 0 Å². The molecule has 1 amide bonds. The third kappa shape index (κ3) is 8.31. The summed E-state index contributed by atoms with van der Waals surface area (Å²) in [5.41, 5.74) is 0.514. The summed E-state index contributed by atoms with van der Waals surface area (Å²) in [5.74, 6) is -0.531. The van der Waals surface area contributed by atoms with Gasteiger partial charge < -0.3 is 25.2 Å². The van der Waals surface area contributed by atoms with Crippen molar-refractivity contribution in [3.8, 4) is 5.75 Å². The number of aliphatic hydroxyl groups excluding tert-OH is 1. The zero-order chi connectivity index (χ0) is 21.4. The normalized spacial score (nSPS) is 11.9. The molecule has 0 fully saturated rings. The van der Waals surface area contributed by atoms with Crippen LogP contribution in [0, 0.1) is 0 Å². The average molecular weight is 457 g/mol. The number of carbonyl (C=O) groups excluding carboxylic acids is 2. The Morgan fingerprint density at radius 2 is 1.97 bits per heavy atom. The fourth-order valence-electron chi connectivity index (χ4n) is 2.37. The number of nitrogens with one attached hydrogen (secondary N) is 2. The molecular weight excluding hydrogens is 428 g/mol. The predicted molar refractivity (Wildman–Crippen MR) is 121 cm³/mol. The molecule has 2 aromatic rings. The number of amides is 1. The molecule has 7 nitrogen and oxygen atoms in total. The van der Waals surface area contributed by atoms with Gasteiger partial charge in [-0.05, 0) is 57.3 Å². The predicted octanol–water partition coefficient (Wildman–Crippen LogP) is 3.73. The zero-order valence-corrected chi connectivity index (χ0v) is 19.2. The van der Waals surface area contributed by atoms with Crippen molar-refractivity contribution in [3.05, 3.63) is 46.2 Å². The Hall–Kier alpha value is -2.13. The number of aliphatic hydroxyl groups is 1. The van der Waals surface area contributed by atoms with Gasteiger partial charge in [-0.3, -0.25) is 4.79 Å². The minimum Gasteiger partial charge on any atom is -0.490 e. The van der Waals surface area contributed by atoms with Gasteiger partial charge in [0.25, 0.3) is 5.91 Å². The Morgan fingerprint density at radius 1 is 1.23 bits per heavy atom. The van der Waals surface area contributed by atoms with Crippen LogP contribution in [0.1, 0.15) is 47.7 Å². The first-order valence-corrected chi connectivity index (χ1v) is 10.3. The first-order valence-electron chi connectivity index (χ1n) is 9.41. The molecule has 0 spiro atoms. The highest BCUT2D eigenvalue weighted by atomic mass is 35.5. The van der Waals surface area contributed by atoms with E-state index in [-0.39, 0.29) is 48.4 Å². The lowest BCUT2D eigenvalue weighted by atomic mass is 10.1. The molecule has 0 saturated heterocycles. The number of ether oxygens (including phenoxy) is 2. The Morgan fingerprint density at radius 3 is 2.57 bits per heavy atom. The van der Waals surface area contributed by atoms with E-state index in [0.717, 1.165) is 0 Å².